The first kappa shape index (κ1) is 29.9. The van der Waals surface area contributed by atoms with Crippen LogP contribution in [0.5, 0.6) is 0 Å². The van der Waals surface area contributed by atoms with Crippen molar-refractivity contribution in [3.05, 3.63) is 175 Å². The fourth-order valence-electron chi connectivity index (χ4n) is 6.79. The van der Waals surface area contributed by atoms with Gasteiger partial charge in [-0.25, -0.2) is 15.0 Å². The second kappa shape index (κ2) is 12.7. The molecule has 7 aromatic carbocycles. The van der Waals surface area contributed by atoms with E-state index in [4.69, 9.17) is 19.4 Å². The van der Waals surface area contributed by atoms with Crippen LogP contribution in [-0.4, -0.2) is 15.0 Å². The molecular formula is C46H28N4O. The van der Waals surface area contributed by atoms with Crippen molar-refractivity contribution >= 4 is 21.9 Å². The summed E-state index contributed by atoms with van der Waals surface area (Å²) in [6, 6.07) is 59.3. The monoisotopic (exact) mass is 652 g/mol. The number of nitriles is 1. The van der Waals surface area contributed by atoms with Gasteiger partial charge in [-0.1, -0.05) is 140 Å². The maximum absolute atomic E-state index is 9.75. The number of hydrogen-bond acceptors (Lipinski definition) is 5. The summed E-state index contributed by atoms with van der Waals surface area (Å²) < 4.78 is 6.54. The maximum atomic E-state index is 9.75. The van der Waals surface area contributed by atoms with Gasteiger partial charge in [-0.15, -0.1) is 0 Å². The molecule has 0 unspecified atom stereocenters. The third kappa shape index (κ3) is 5.51. The average molecular weight is 653 g/mol. The Morgan fingerprint density at radius 1 is 0.392 bits per heavy atom. The lowest BCUT2D eigenvalue weighted by Crippen LogP contribution is -2.00. The highest BCUT2D eigenvalue weighted by Crippen LogP contribution is 2.41. The summed E-state index contributed by atoms with van der Waals surface area (Å²) in [6.45, 7) is 0. The highest BCUT2D eigenvalue weighted by atomic mass is 16.3. The molecule has 0 fully saturated rings. The summed E-state index contributed by atoms with van der Waals surface area (Å²) >= 11 is 0. The van der Waals surface area contributed by atoms with E-state index >= 15 is 0 Å². The molecule has 5 heteroatoms. The Labute approximate surface area is 294 Å². The Balaban J connectivity index is 1.19. The molecular weight excluding hydrogens is 625 g/mol. The van der Waals surface area contributed by atoms with E-state index in [1.54, 1.807) is 0 Å². The fraction of sp³-hybridized carbons (Fsp3) is 0. The van der Waals surface area contributed by atoms with Gasteiger partial charge in [0.2, 0.25) is 0 Å². The van der Waals surface area contributed by atoms with Crippen LogP contribution in [0.3, 0.4) is 0 Å². The molecule has 238 valence electrons. The lowest BCUT2D eigenvalue weighted by Gasteiger charge is -2.11. The number of hydrogen-bond donors (Lipinski definition) is 0. The Morgan fingerprint density at radius 2 is 0.941 bits per heavy atom. The molecule has 51 heavy (non-hydrogen) atoms. The van der Waals surface area contributed by atoms with E-state index in [1.165, 1.54) is 11.1 Å². The number of furan rings is 1. The van der Waals surface area contributed by atoms with Crippen molar-refractivity contribution < 1.29 is 4.42 Å². The summed E-state index contributed by atoms with van der Waals surface area (Å²) in [5.41, 5.74) is 11.1. The lowest BCUT2D eigenvalue weighted by atomic mass is 9.92. The minimum Gasteiger partial charge on any atom is -0.456 e. The summed E-state index contributed by atoms with van der Waals surface area (Å²) in [4.78, 5) is 14.9. The van der Waals surface area contributed by atoms with Crippen molar-refractivity contribution in [2.75, 3.05) is 0 Å². The van der Waals surface area contributed by atoms with Gasteiger partial charge in [-0.05, 0) is 63.7 Å². The minimum atomic E-state index is 0.540. The van der Waals surface area contributed by atoms with Crippen LogP contribution in [0.15, 0.2) is 174 Å². The van der Waals surface area contributed by atoms with Crippen molar-refractivity contribution in [3.8, 4) is 73.6 Å². The minimum absolute atomic E-state index is 0.540. The van der Waals surface area contributed by atoms with E-state index in [0.29, 0.717) is 23.0 Å². The molecule has 0 radical (unpaired) electrons. The summed E-state index contributed by atoms with van der Waals surface area (Å²) in [5.74, 6) is 1.65. The summed E-state index contributed by atoms with van der Waals surface area (Å²) in [5, 5.41) is 11.8. The number of nitrogens with zero attached hydrogens (tertiary/aromatic N) is 4. The Hall–Kier alpha value is -7.16. The molecule has 0 aliphatic rings. The summed E-state index contributed by atoms with van der Waals surface area (Å²) in [6.07, 6.45) is 0. The first-order valence-corrected chi connectivity index (χ1v) is 16.8. The van der Waals surface area contributed by atoms with Gasteiger partial charge in [-0.2, -0.15) is 5.26 Å². The van der Waals surface area contributed by atoms with Crippen molar-refractivity contribution in [2.24, 2.45) is 0 Å². The van der Waals surface area contributed by atoms with E-state index in [9.17, 15) is 5.26 Å². The number of rotatable bonds is 6. The molecule has 9 aromatic rings. The van der Waals surface area contributed by atoms with Crippen LogP contribution in [0.1, 0.15) is 5.56 Å². The zero-order valence-corrected chi connectivity index (χ0v) is 27.4. The van der Waals surface area contributed by atoms with Crippen LogP contribution in [-0.2, 0) is 0 Å². The number of fused-ring (bicyclic) bond motifs is 3. The molecule has 0 N–H and O–H groups in total. The second-order valence-electron chi connectivity index (χ2n) is 12.3. The molecule has 5 nitrogen and oxygen atoms in total. The van der Waals surface area contributed by atoms with Gasteiger partial charge >= 0.3 is 0 Å². The van der Waals surface area contributed by atoms with Gasteiger partial charge in [0.25, 0.3) is 0 Å². The van der Waals surface area contributed by atoms with E-state index < -0.39 is 0 Å². The predicted molar refractivity (Wildman–Crippen MR) is 204 cm³/mol. The van der Waals surface area contributed by atoms with Crippen LogP contribution in [0.2, 0.25) is 0 Å². The fourth-order valence-corrected chi connectivity index (χ4v) is 6.79. The van der Waals surface area contributed by atoms with Crippen LogP contribution in [0, 0.1) is 11.3 Å². The van der Waals surface area contributed by atoms with E-state index in [0.717, 1.165) is 60.9 Å². The van der Waals surface area contributed by atoms with Gasteiger partial charge in [0.1, 0.15) is 11.2 Å². The molecule has 0 saturated heterocycles. The van der Waals surface area contributed by atoms with Crippen molar-refractivity contribution in [1.82, 2.24) is 15.0 Å². The molecule has 0 atom stereocenters. The molecule has 2 aromatic heterocycles. The zero-order chi connectivity index (χ0) is 34.1. The lowest BCUT2D eigenvalue weighted by molar-refractivity contribution is 0.669. The maximum Gasteiger partial charge on any atom is 0.164 e. The molecule has 0 aliphatic heterocycles. The largest absolute Gasteiger partial charge is 0.456 e. The van der Waals surface area contributed by atoms with Gasteiger partial charge in [-0.3, -0.25) is 0 Å². The molecule has 9 rings (SSSR count). The predicted octanol–water partition coefficient (Wildman–Crippen LogP) is 11.6. The molecule has 0 bridgehead atoms. The summed E-state index contributed by atoms with van der Waals surface area (Å²) in [7, 11) is 0. The molecule has 2 heterocycles. The van der Waals surface area contributed by atoms with Crippen LogP contribution < -0.4 is 0 Å². The second-order valence-corrected chi connectivity index (χ2v) is 12.3. The molecule has 0 saturated carbocycles. The zero-order valence-electron chi connectivity index (χ0n) is 27.4. The van der Waals surface area contributed by atoms with Gasteiger partial charge < -0.3 is 4.42 Å². The average Bonchev–Trinajstić information content (AvgIpc) is 3.60. The smallest absolute Gasteiger partial charge is 0.164 e. The van der Waals surface area contributed by atoms with E-state index in [-0.39, 0.29) is 0 Å². The standard InChI is InChI=1S/C46H28N4O/c47-29-35-17-7-8-20-36(35)32-18-11-19-33(27-32)45-48-44(31-15-5-2-6-16-31)49-46(50-45)34-25-26-40-42(28-34)51-41-24-12-23-39(43(40)41)38-22-10-9-21-37(38)30-13-3-1-4-14-30/h1-28H. The van der Waals surface area contributed by atoms with Crippen molar-refractivity contribution in [2.45, 2.75) is 0 Å². The first-order chi connectivity index (χ1) is 25.2. The number of aromatic nitrogens is 3. The molecule has 0 aliphatic carbocycles. The van der Waals surface area contributed by atoms with Gasteiger partial charge in [0.05, 0.1) is 11.6 Å². The normalized spacial score (nSPS) is 11.1. The van der Waals surface area contributed by atoms with Crippen molar-refractivity contribution in [3.63, 3.8) is 0 Å². The number of benzene rings is 7. The molecule has 0 amide bonds. The highest BCUT2D eigenvalue weighted by molar-refractivity contribution is 6.14. The van der Waals surface area contributed by atoms with Crippen molar-refractivity contribution in [1.29, 1.82) is 5.26 Å². The SMILES string of the molecule is N#Cc1ccccc1-c1cccc(-c2nc(-c3ccccc3)nc(-c3ccc4c(c3)oc3cccc(-c5ccccc5-c5ccccc5)c34)n2)c1. The third-order valence-corrected chi connectivity index (χ3v) is 9.20. The van der Waals surface area contributed by atoms with Crippen LogP contribution >= 0.6 is 0 Å². The van der Waals surface area contributed by atoms with Gasteiger partial charge in [0.15, 0.2) is 17.5 Å². The highest BCUT2D eigenvalue weighted by Gasteiger charge is 2.18. The van der Waals surface area contributed by atoms with Crippen LogP contribution in [0.25, 0.3) is 89.5 Å². The Morgan fingerprint density at radius 3 is 1.69 bits per heavy atom. The first-order valence-electron chi connectivity index (χ1n) is 16.8. The van der Waals surface area contributed by atoms with Gasteiger partial charge in [0, 0.05) is 27.5 Å². The quantitative estimate of drug-likeness (QED) is 0.179. The molecule has 0 spiro atoms. The van der Waals surface area contributed by atoms with E-state index in [1.807, 2.05) is 97.1 Å². The van der Waals surface area contributed by atoms with Crippen LogP contribution in [0.4, 0.5) is 0 Å². The Kier molecular flexibility index (Phi) is 7.46. The van der Waals surface area contributed by atoms with E-state index in [2.05, 4.69) is 78.9 Å². The Bertz CT molecular complexity index is 2760. The topological polar surface area (TPSA) is 75.6 Å². The third-order valence-electron chi connectivity index (χ3n) is 9.20.